The molecule has 2 amide bonds. The number of hydrogen-bond donors (Lipinski definition) is 2. The second-order valence-corrected chi connectivity index (χ2v) is 8.22. The number of hydrogen-bond acceptors (Lipinski definition) is 4. The molecule has 0 fully saturated rings. The minimum atomic E-state index is -0.624. The van der Waals surface area contributed by atoms with Crippen molar-refractivity contribution in [2.24, 2.45) is 5.73 Å². The van der Waals surface area contributed by atoms with Gasteiger partial charge < -0.3 is 15.5 Å². The number of rotatable bonds is 2. The number of aromatic amines is 1. The number of ether oxygens (including phenoxy) is 1. The Kier molecular flexibility index (Phi) is 4.53. The molecular formula is C22H24N4O3. The fraction of sp³-hybridized carbons (Fsp3) is 0.318. The maximum Gasteiger partial charge on any atom is 0.415 e. The zero-order valence-electron chi connectivity index (χ0n) is 16.7. The predicted molar refractivity (Wildman–Crippen MR) is 111 cm³/mol. The highest BCUT2D eigenvalue weighted by atomic mass is 16.6. The van der Waals surface area contributed by atoms with E-state index in [0.717, 1.165) is 17.7 Å². The Labute approximate surface area is 168 Å². The molecule has 3 N–H and O–H groups in total. The van der Waals surface area contributed by atoms with Crippen molar-refractivity contribution >= 4 is 28.7 Å². The first kappa shape index (κ1) is 19.0. The highest BCUT2D eigenvalue weighted by molar-refractivity contribution is 6.04. The number of H-pyrrole nitrogens is 1. The minimum Gasteiger partial charge on any atom is -0.443 e. The third-order valence-electron chi connectivity index (χ3n) is 4.95. The topological polar surface area (TPSA) is 101 Å². The summed E-state index contributed by atoms with van der Waals surface area (Å²) < 4.78 is 5.69. The summed E-state index contributed by atoms with van der Waals surface area (Å²) in [5.74, 6) is 0.0701. The van der Waals surface area contributed by atoms with Crippen LogP contribution in [0, 0.1) is 0 Å². The Balaban J connectivity index is 1.81. The molecule has 1 aromatic heterocycles. The molecule has 2 heterocycles. The summed E-state index contributed by atoms with van der Waals surface area (Å²) >= 11 is 0. The van der Waals surface area contributed by atoms with Crippen LogP contribution in [0.25, 0.3) is 11.0 Å². The lowest BCUT2D eigenvalue weighted by Gasteiger charge is -2.37. The zero-order chi connectivity index (χ0) is 20.8. The van der Waals surface area contributed by atoms with Gasteiger partial charge in [-0.05, 0) is 57.4 Å². The number of fused-ring (bicyclic) bond motifs is 2. The normalized spacial score (nSPS) is 16.5. The molecule has 4 rings (SSSR count). The van der Waals surface area contributed by atoms with Gasteiger partial charge in [0.15, 0.2) is 0 Å². The Morgan fingerprint density at radius 2 is 1.93 bits per heavy atom. The van der Waals surface area contributed by atoms with Crippen molar-refractivity contribution in [3.8, 4) is 0 Å². The number of anilines is 1. The third kappa shape index (κ3) is 3.55. The Morgan fingerprint density at radius 1 is 1.17 bits per heavy atom. The number of aromatic nitrogens is 2. The van der Waals surface area contributed by atoms with Gasteiger partial charge in [0.1, 0.15) is 16.9 Å². The van der Waals surface area contributed by atoms with Crippen molar-refractivity contribution in [2.75, 3.05) is 4.90 Å². The lowest BCUT2D eigenvalue weighted by Crippen LogP contribution is -2.42. The first-order valence-corrected chi connectivity index (χ1v) is 9.63. The molecule has 7 heteroatoms. The van der Waals surface area contributed by atoms with Crippen molar-refractivity contribution in [1.82, 2.24) is 9.97 Å². The monoisotopic (exact) mass is 392 g/mol. The van der Waals surface area contributed by atoms with Gasteiger partial charge in [0.2, 0.25) is 0 Å². The molecule has 0 aliphatic carbocycles. The number of aryl methyl sites for hydroxylation is 1. The highest BCUT2D eigenvalue weighted by Gasteiger charge is 2.36. The number of para-hydroxylation sites is 2. The van der Waals surface area contributed by atoms with Crippen LogP contribution in [0.3, 0.4) is 0 Å². The molecule has 1 atom stereocenters. The van der Waals surface area contributed by atoms with Gasteiger partial charge in [0, 0.05) is 0 Å². The van der Waals surface area contributed by atoms with Gasteiger partial charge in [0.25, 0.3) is 5.91 Å². The van der Waals surface area contributed by atoms with Gasteiger partial charge in [-0.15, -0.1) is 0 Å². The molecular weight excluding hydrogens is 368 g/mol. The molecule has 2 aromatic carbocycles. The number of imidazole rings is 1. The largest absolute Gasteiger partial charge is 0.443 e. The standard InChI is InChI=1S/C22H24N4O3/c1-22(2,3)29-21(28)26-16-10-5-4-7-13(16)11-12-17(26)20-24-15-9-6-8-14(19(23)27)18(15)25-20/h4-10,17H,11-12H2,1-3H3,(H2,23,27)(H,24,25)/t17-/m0/s1. The number of amides is 2. The average Bonchev–Trinajstić information content (AvgIpc) is 3.09. The molecule has 0 saturated heterocycles. The van der Waals surface area contributed by atoms with Crippen LogP contribution in [-0.4, -0.2) is 27.6 Å². The summed E-state index contributed by atoms with van der Waals surface area (Å²) in [4.78, 5) is 34.5. The molecule has 0 radical (unpaired) electrons. The minimum absolute atomic E-state index is 0.340. The van der Waals surface area contributed by atoms with E-state index in [1.165, 1.54) is 0 Å². The molecule has 29 heavy (non-hydrogen) atoms. The average molecular weight is 392 g/mol. The Hall–Kier alpha value is -3.35. The Morgan fingerprint density at radius 3 is 2.66 bits per heavy atom. The van der Waals surface area contributed by atoms with Crippen LogP contribution in [0.4, 0.5) is 10.5 Å². The van der Waals surface area contributed by atoms with E-state index in [2.05, 4.69) is 9.97 Å². The van der Waals surface area contributed by atoms with Crippen LogP contribution in [0.2, 0.25) is 0 Å². The van der Waals surface area contributed by atoms with E-state index in [4.69, 9.17) is 10.5 Å². The summed E-state index contributed by atoms with van der Waals surface area (Å²) in [5.41, 5.74) is 8.35. The summed E-state index contributed by atoms with van der Waals surface area (Å²) in [7, 11) is 0. The van der Waals surface area contributed by atoms with Crippen LogP contribution < -0.4 is 10.6 Å². The van der Waals surface area contributed by atoms with E-state index in [0.29, 0.717) is 28.8 Å². The van der Waals surface area contributed by atoms with Crippen molar-refractivity contribution in [3.63, 3.8) is 0 Å². The summed E-state index contributed by atoms with van der Waals surface area (Å²) in [6.45, 7) is 5.53. The SMILES string of the molecule is CC(C)(C)OC(=O)N1c2ccccc2CC[C@H]1c1nc2c(C(N)=O)cccc2[nH]1. The molecule has 0 bridgehead atoms. The van der Waals surface area contributed by atoms with Crippen molar-refractivity contribution < 1.29 is 14.3 Å². The first-order chi connectivity index (χ1) is 13.7. The fourth-order valence-electron chi connectivity index (χ4n) is 3.75. The molecule has 0 spiro atoms. The van der Waals surface area contributed by atoms with Crippen molar-refractivity contribution in [3.05, 3.63) is 59.4 Å². The van der Waals surface area contributed by atoms with E-state index >= 15 is 0 Å². The first-order valence-electron chi connectivity index (χ1n) is 9.63. The zero-order valence-corrected chi connectivity index (χ0v) is 16.7. The number of carbonyl (C=O) groups excluding carboxylic acids is 2. The van der Waals surface area contributed by atoms with Gasteiger partial charge in [-0.25, -0.2) is 9.78 Å². The fourth-order valence-corrected chi connectivity index (χ4v) is 3.75. The van der Waals surface area contributed by atoms with E-state index in [1.54, 1.807) is 17.0 Å². The van der Waals surface area contributed by atoms with Gasteiger partial charge in [0.05, 0.1) is 22.8 Å². The maximum atomic E-state index is 13.1. The number of carbonyl (C=O) groups is 2. The second kappa shape index (κ2) is 6.92. The molecule has 0 unspecified atom stereocenters. The number of nitrogens with one attached hydrogen (secondary N) is 1. The summed E-state index contributed by atoms with van der Waals surface area (Å²) in [6, 6.07) is 12.7. The number of nitrogens with zero attached hydrogens (tertiary/aromatic N) is 2. The quantitative estimate of drug-likeness (QED) is 0.686. The molecule has 1 aliphatic rings. The molecule has 1 aliphatic heterocycles. The molecule has 0 saturated carbocycles. The van der Waals surface area contributed by atoms with Gasteiger partial charge in [-0.1, -0.05) is 24.3 Å². The number of nitrogens with two attached hydrogens (primary N) is 1. The lowest BCUT2D eigenvalue weighted by molar-refractivity contribution is 0.0558. The smallest absolute Gasteiger partial charge is 0.415 e. The Bertz CT molecular complexity index is 1100. The van der Waals surface area contributed by atoms with Gasteiger partial charge >= 0.3 is 6.09 Å². The van der Waals surface area contributed by atoms with Gasteiger partial charge in [-0.2, -0.15) is 0 Å². The summed E-state index contributed by atoms with van der Waals surface area (Å²) in [6.07, 6.45) is 1.06. The molecule has 3 aromatic rings. The van der Waals surface area contributed by atoms with E-state index in [9.17, 15) is 9.59 Å². The molecule has 150 valence electrons. The number of primary amides is 1. The van der Waals surface area contributed by atoms with Crippen LogP contribution in [0.1, 0.15) is 55.0 Å². The van der Waals surface area contributed by atoms with E-state index in [1.807, 2.05) is 51.1 Å². The van der Waals surface area contributed by atoms with Crippen LogP contribution in [-0.2, 0) is 11.2 Å². The van der Waals surface area contributed by atoms with Crippen LogP contribution in [0.15, 0.2) is 42.5 Å². The third-order valence-corrected chi connectivity index (χ3v) is 4.95. The highest BCUT2D eigenvalue weighted by Crippen LogP contribution is 2.39. The predicted octanol–water partition coefficient (Wildman–Crippen LogP) is 4.09. The van der Waals surface area contributed by atoms with E-state index < -0.39 is 17.6 Å². The van der Waals surface area contributed by atoms with Crippen molar-refractivity contribution in [2.45, 2.75) is 45.3 Å². The molecule has 7 nitrogen and oxygen atoms in total. The van der Waals surface area contributed by atoms with Crippen LogP contribution >= 0.6 is 0 Å². The van der Waals surface area contributed by atoms with E-state index in [-0.39, 0.29) is 6.04 Å². The van der Waals surface area contributed by atoms with Gasteiger partial charge in [-0.3, -0.25) is 9.69 Å². The summed E-state index contributed by atoms with van der Waals surface area (Å²) in [5, 5.41) is 0. The second-order valence-electron chi connectivity index (χ2n) is 8.22. The van der Waals surface area contributed by atoms with Crippen molar-refractivity contribution in [1.29, 1.82) is 0 Å². The lowest BCUT2D eigenvalue weighted by atomic mass is 9.95. The maximum absolute atomic E-state index is 13.1. The van der Waals surface area contributed by atoms with Crippen LogP contribution in [0.5, 0.6) is 0 Å². The number of benzene rings is 2.